The van der Waals surface area contributed by atoms with Crippen molar-refractivity contribution in [2.75, 3.05) is 13.2 Å². The average molecular weight is 470 g/mol. The fraction of sp³-hybridized carbons (Fsp3) is 0.800. The van der Waals surface area contributed by atoms with Crippen LogP contribution in [0.2, 0.25) is 0 Å². The summed E-state index contributed by atoms with van der Waals surface area (Å²) in [5.74, 6) is 12.1. The second-order valence-electron chi connectivity index (χ2n) is 8.05. The molecule has 0 aromatic heterocycles. The molecule has 0 unspecified atom stereocenters. The van der Waals surface area contributed by atoms with Gasteiger partial charge in [0.1, 0.15) is 0 Å². The van der Waals surface area contributed by atoms with Gasteiger partial charge in [0.25, 0.3) is 0 Å². The van der Waals surface area contributed by atoms with Crippen LogP contribution in [0.5, 0.6) is 0 Å². The maximum atomic E-state index is 11.6. The number of carbonyl (C=O) groups excluding carboxylic acids is 1. The second kappa shape index (κ2) is 22.6. The predicted molar refractivity (Wildman–Crippen MR) is 130 cm³/mol. The molecular formula is C25H43NO5S. The molecule has 0 bridgehead atoms. The highest BCUT2D eigenvalue weighted by molar-refractivity contribution is 7.80. The van der Waals surface area contributed by atoms with Crippen LogP contribution >= 0.6 is 0 Å². The number of hydrogen-bond acceptors (Lipinski definition) is 4. The summed E-state index contributed by atoms with van der Waals surface area (Å²) in [5.41, 5.74) is 0. The molecule has 0 saturated carbocycles. The van der Waals surface area contributed by atoms with Gasteiger partial charge >= 0.3 is 10.4 Å². The lowest BCUT2D eigenvalue weighted by Crippen LogP contribution is -2.27. The molecule has 0 aliphatic carbocycles. The van der Waals surface area contributed by atoms with Crippen molar-refractivity contribution in [1.29, 1.82) is 0 Å². The van der Waals surface area contributed by atoms with E-state index in [1.165, 1.54) is 51.4 Å². The number of amides is 1. The van der Waals surface area contributed by atoms with Crippen LogP contribution in [0.1, 0.15) is 116 Å². The van der Waals surface area contributed by atoms with Crippen LogP contribution in [-0.2, 0) is 19.4 Å². The Morgan fingerprint density at radius 3 is 1.75 bits per heavy atom. The molecule has 32 heavy (non-hydrogen) atoms. The molecule has 1 amide bonds. The number of rotatable bonds is 20. The van der Waals surface area contributed by atoms with Crippen LogP contribution < -0.4 is 5.32 Å². The minimum absolute atomic E-state index is 0.0588. The van der Waals surface area contributed by atoms with E-state index in [4.69, 9.17) is 4.55 Å². The molecule has 0 aliphatic rings. The normalized spacial score (nSPS) is 10.7. The standard InChI is InChI=1S/C25H43NO5S/c1-2-3-4-5-6-7-8-9-10-11-12-13-14-15-16-17-18-19-20-21-22-25(27)26-23-24-31-32(28,29)30/h2-10,15-24H2,1H3,(H,26,27)(H,28,29,30). The summed E-state index contributed by atoms with van der Waals surface area (Å²) in [7, 11) is -4.44. The summed E-state index contributed by atoms with van der Waals surface area (Å²) in [4.78, 5) is 11.6. The van der Waals surface area contributed by atoms with Gasteiger partial charge in [0, 0.05) is 25.8 Å². The fourth-order valence-electron chi connectivity index (χ4n) is 3.19. The first-order valence-corrected chi connectivity index (χ1v) is 13.7. The first kappa shape index (κ1) is 30.5. The number of carbonyl (C=O) groups is 1. The van der Waals surface area contributed by atoms with Gasteiger partial charge in [-0.1, -0.05) is 89.4 Å². The predicted octanol–water partition coefficient (Wildman–Crippen LogP) is 5.58. The van der Waals surface area contributed by atoms with Crippen LogP contribution in [0, 0.1) is 23.7 Å². The molecule has 6 nitrogen and oxygen atoms in total. The molecule has 0 fully saturated rings. The molecule has 0 heterocycles. The molecule has 184 valence electrons. The van der Waals surface area contributed by atoms with Crippen molar-refractivity contribution in [3.63, 3.8) is 0 Å². The molecule has 0 saturated heterocycles. The number of nitrogens with one attached hydrogen (secondary N) is 1. The van der Waals surface area contributed by atoms with Gasteiger partial charge in [-0.3, -0.25) is 9.35 Å². The van der Waals surface area contributed by atoms with E-state index in [1.807, 2.05) is 0 Å². The molecular weight excluding hydrogens is 426 g/mol. The molecule has 0 spiro atoms. The van der Waals surface area contributed by atoms with Gasteiger partial charge in [0.05, 0.1) is 6.61 Å². The van der Waals surface area contributed by atoms with Gasteiger partial charge in [-0.15, -0.1) is 0 Å². The van der Waals surface area contributed by atoms with Crippen molar-refractivity contribution in [2.45, 2.75) is 116 Å². The molecule has 0 radical (unpaired) electrons. The molecule has 0 atom stereocenters. The third-order valence-corrected chi connectivity index (χ3v) is 5.47. The van der Waals surface area contributed by atoms with Gasteiger partial charge in [-0.2, -0.15) is 8.42 Å². The van der Waals surface area contributed by atoms with E-state index >= 15 is 0 Å². The smallest absolute Gasteiger partial charge is 0.354 e. The third-order valence-electron chi connectivity index (χ3n) is 5.01. The van der Waals surface area contributed by atoms with Gasteiger partial charge in [-0.25, -0.2) is 4.18 Å². The lowest BCUT2D eigenvalue weighted by molar-refractivity contribution is -0.121. The van der Waals surface area contributed by atoms with E-state index < -0.39 is 10.4 Å². The molecule has 7 heteroatoms. The van der Waals surface area contributed by atoms with Crippen molar-refractivity contribution in [3.8, 4) is 23.7 Å². The summed E-state index contributed by atoms with van der Waals surface area (Å²) in [5, 5.41) is 2.55. The van der Waals surface area contributed by atoms with Crippen molar-refractivity contribution in [3.05, 3.63) is 0 Å². The van der Waals surface area contributed by atoms with E-state index in [9.17, 15) is 13.2 Å². The van der Waals surface area contributed by atoms with E-state index in [2.05, 4.69) is 40.1 Å². The number of unbranched alkanes of at least 4 members (excludes halogenated alkanes) is 14. The summed E-state index contributed by atoms with van der Waals surface area (Å²) in [6.45, 7) is 2.04. The maximum absolute atomic E-state index is 11.6. The molecule has 0 rings (SSSR count). The van der Waals surface area contributed by atoms with Crippen LogP contribution in [0.4, 0.5) is 0 Å². The maximum Gasteiger partial charge on any atom is 0.397 e. The Labute approximate surface area is 196 Å². The zero-order valence-corrected chi connectivity index (χ0v) is 20.7. The van der Waals surface area contributed by atoms with E-state index in [0.717, 1.165) is 51.4 Å². The van der Waals surface area contributed by atoms with Crippen molar-refractivity contribution >= 4 is 16.3 Å². The van der Waals surface area contributed by atoms with Crippen LogP contribution in [-0.4, -0.2) is 32.0 Å². The Balaban J connectivity index is 3.37. The fourth-order valence-corrected chi connectivity index (χ4v) is 3.49. The summed E-state index contributed by atoms with van der Waals surface area (Å²) >= 11 is 0. The minimum atomic E-state index is -4.44. The number of hydrogen-bond donors (Lipinski definition) is 2. The largest absolute Gasteiger partial charge is 0.397 e. The van der Waals surface area contributed by atoms with E-state index in [-0.39, 0.29) is 19.1 Å². The minimum Gasteiger partial charge on any atom is -0.354 e. The van der Waals surface area contributed by atoms with Gasteiger partial charge < -0.3 is 5.32 Å². The Bertz CT molecular complexity index is 683. The Kier molecular flexibility index (Phi) is 21.6. The average Bonchev–Trinajstić information content (AvgIpc) is 2.74. The van der Waals surface area contributed by atoms with Crippen LogP contribution in [0.3, 0.4) is 0 Å². The van der Waals surface area contributed by atoms with Crippen LogP contribution in [0.15, 0.2) is 0 Å². The summed E-state index contributed by atoms with van der Waals surface area (Å²) in [6, 6.07) is 0. The van der Waals surface area contributed by atoms with Crippen molar-refractivity contribution < 1.29 is 21.9 Å². The van der Waals surface area contributed by atoms with E-state index in [0.29, 0.717) is 6.42 Å². The lowest BCUT2D eigenvalue weighted by Gasteiger charge is -2.04. The highest BCUT2D eigenvalue weighted by Gasteiger charge is 2.05. The molecule has 0 aliphatic heterocycles. The van der Waals surface area contributed by atoms with E-state index in [1.54, 1.807) is 0 Å². The third kappa shape index (κ3) is 26.5. The Morgan fingerprint density at radius 1 is 0.781 bits per heavy atom. The zero-order valence-electron chi connectivity index (χ0n) is 19.9. The highest BCUT2D eigenvalue weighted by atomic mass is 32.3. The quantitative estimate of drug-likeness (QED) is 0.138. The van der Waals surface area contributed by atoms with Gasteiger partial charge in [-0.05, 0) is 31.1 Å². The molecule has 2 N–H and O–H groups in total. The summed E-state index contributed by atoms with van der Waals surface area (Å²) < 4.78 is 33.2. The first-order valence-electron chi connectivity index (χ1n) is 12.3. The van der Waals surface area contributed by atoms with Crippen molar-refractivity contribution in [1.82, 2.24) is 5.32 Å². The van der Waals surface area contributed by atoms with Crippen molar-refractivity contribution in [2.24, 2.45) is 0 Å². The van der Waals surface area contributed by atoms with Gasteiger partial charge in [0.15, 0.2) is 0 Å². The monoisotopic (exact) mass is 469 g/mol. The highest BCUT2D eigenvalue weighted by Crippen LogP contribution is 2.09. The SMILES string of the molecule is CCCCCCCCCCC#CC#CCCCCCCCCC(=O)NCCOS(=O)(=O)O. The summed E-state index contributed by atoms with van der Waals surface area (Å²) in [6.07, 6.45) is 19.1. The topological polar surface area (TPSA) is 92.7 Å². The lowest BCUT2D eigenvalue weighted by atomic mass is 10.1. The van der Waals surface area contributed by atoms with Gasteiger partial charge in [0.2, 0.25) is 5.91 Å². The Morgan fingerprint density at radius 2 is 1.25 bits per heavy atom. The molecule has 0 aromatic carbocycles. The first-order chi connectivity index (χ1) is 15.5. The zero-order chi connectivity index (χ0) is 23.8. The second-order valence-corrected chi connectivity index (χ2v) is 9.14. The van der Waals surface area contributed by atoms with Crippen LogP contribution in [0.25, 0.3) is 0 Å². The molecule has 0 aromatic rings. The Hall–Kier alpha value is -1.54.